The molecule has 0 unspecified atom stereocenters. The van der Waals surface area contributed by atoms with Crippen molar-refractivity contribution >= 4 is 34.6 Å². The number of hydrogen-bond donors (Lipinski definition) is 3. The van der Waals surface area contributed by atoms with E-state index < -0.39 is 0 Å². The van der Waals surface area contributed by atoms with Gasteiger partial charge < -0.3 is 10.3 Å². The largest absolute Gasteiger partial charge is 0.354 e. The predicted octanol–water partition coefficient (Wildman–Crippen LogP) is 4.23. The molecular weight excluding hydrogens is 395 g/mol. The summed E-state index contributed by atoms with van der Waals surface area (Å²) in [6.07, 6.45) is 1.72. The zero-order chi connectivity index (χ0) is 21.4. The molecule has 152 valence electrons. The van der Waals surface area contributed by atoms with Gasteiger partial charge in [-0.2, -0.15) is 5.10 Å². The lowest BCUT2D eigenvalue weighted by Gasteiger charge is -2.08. The summed E-state index contributed by atoms with van der Waals surface area (Å²) in [5, 5.41) is 7.62. The van der Waals surface area contributed by atoms with E-state index in [2.05, 4.69) is 20.8 Å². The number of nitrogens with one attached hydrogen (secondary N) is 3. The van der Waals surface area contributed by atoms with Crippen LogP contribution in [0.15, 0.2) is 71.8 Å². The first-order valence-corrected chi connectivity index (χ1v) is 9.71. The van der Waals surface area contributed by atoms with Crippen molar-refractivity contribution in [2.45, 2.75) is 6.42 Å². The maximum absolute atomic E-state index is 13.1. The number of anilines is 1. The van der Waals surface area contributed by atoms with Crippen molar-refractivity contribution in [3.8, 4) is 11.3 Å². The van der Waals surface area contributed by atoms with Gasteiger partial charge in [0.25, 0.3) is 5.91 Å². The van der Waals surface area contributed by atoms with Gasteiger partial charge in [0.15, 0.2) is 0 Å². The van der Waals surface area contributed by atoms with Crippen LogP contribution in [0.3, 0.4) is 0 Å². The number of H-pyrrole nitrogens is 1. The van der Waals surface area contributed by atoms with Crippen LogP contribution in [0.25, 0.3) is 22.2 Å². The maximum Gasteiger partial charge on any atom is 0.272 e. The second-order valence-electron chi connectivity index (χ2n) is 7.28. The third-order valence-corrected chi connectivity index (χ3v) is 5.17. The molecule has 2 amide bonds. The van der Waals surface area contributed by atoms with E-state index in [-0.39, 0.29) is 24.1 Å². The Hall–Kier alpha value is -4.26. The van der Waals surface area contributed by atoms with E-state index in [1.165, 1.54) is 12.1 Å². The Morgan fingerprint density at radius 1 is 1.03 bits per heavy atom. The lowest BCUT2D eigenvalue weighted by Crippen LogP contribution is -2.18. The van der Waals surface area contributed by atoms with Crippen LogP contribution in [-0.2, 0) is 11.2 Å². The van der Waals surface area contributed by atoms with E-state index in [0.29, 0.717) is 22.3 Å². The Balaban J connectivity index is 1.54. The molecule has 0 aliphatic carbocycles. The molecule has 3 N–H and O–H groups in total. The molecule has 4 aromatic rings. The van der Waals surface area contributed by atoms with Gasteiger partial charge in [-0.3, -0.25) is 9.59 Å². The number of nitrogens with zero attached hydrogens (tertiary/aromatic N) is 1. The fourth-order valence-corrected chi connectivity index (χ4v) is 3.78. The van der Waals surface area contributed by atoms with Crippen LogP contribution in [0.4, 0.5) is 10.1 Å². The Morgan fingerprint density at radius 2 is 1.81 bits per heavy atom. The average Bonchev–Trinajstić information content (AvgIpc) is 3.04. The number of aromatic nitrogens is 1. The summed E-state index contributed by atoms with van der Waals surface area (Å²) in [7, 11) is 0. The van der Waals surface area contributed by atoms with E-state index in [0.717, 1.165) is 22.2 Å². The Kier molecular flexibility index (Phi) is 4.55. The van der Waals surface area contributed by atoms with Crippen LogP contribution in [-0.4, -0.2) is 23.0 Å². The highest BCUT2D eigenvalue weighted by atomic mass is 19.1. The monoisotopic (exact) mass is 412 g/mol. The molecule has 0 atom stereocenters. The van der Waals surface area contributed by atoms with Crippen molar-refractivity contribution in [3.05, 3.63) is 89.2 Å². The highest BCUT2D eigenvalue weighted by Gasteiger charge is 2.22. The molecule has 7 heteroatoms. The molecule has 2 heterocycles. The molecule has 0 saturated carbocycles. The molecule has 1 aliphatic heterocycles. The van der Waals surface area contributed by atoms with E-state index >= 15 is 0 Å². The summed E-state index contributed by atoms with van der Waals surface area (Å²) in [6, 6.07) is 19.0. The van der Waals surface area contributed by atoms with Crippen LogP contribution in [0.1, 0.15) is 21.5 Å². The summed E-state index contributed by atoms with van der Waals surface area (Å²) < 4.78 is 13.1. The second-order valence-corrected chi connectivity index (χ2v) is 7.28. The Labute approximate surface area is 176 Å². The first-order chi connectivity index (χ1) is 15.1. The lowest BCUT2D eigenvalue weighted by molar-refractivity contribution is -0.115. The lowest BCUT2D eigenvalue weighted by atomic mass is 10.0. The van der Waals surface area contributed by atoms with Gasteiger partial charge in [-0.1, -0.05) is 42.5 Å². The molecule has 0 fully saturated rings. The fourth-order valence-electron chi connectivity index (χ4n) is 3.78. The first kappa shape index (κ1) is 18.7. The number of hydrogen-bond acceptors (Lipinski definition) is 3. The van der Waals surface area contributed by atoms with Gasteiger partial charge in [-0.05, 0) is 35.4 Å². The number of aromatic amines is 1. The van der Waals surface area contributed by atoms with Crippen molar-refractivity contribution in [2.75, 3.05) is 5.32 Å². The quantitative estimate of drug-likeness (QED) is 0.468. The fraction of sp³-hybridized carbons (Fsp3) is 0.0417. The summed E-state index contributed by atoms with van der Waals surface area (Å²) in [5.74, 6) is -0.971. The van der Waals surface area contributed by atoms with Gasteiger partial charge in [-0.25, -0.2) is 9.82 Å². The topological polar surface area (TPSA) is 86.3 Å². The zero-order valence-electron chi connectivity index (χ0n) is 16.3. The first-order valence-electron chi connectivity index (χ1n) is 9.71. The summed E-state index contributed by atoms with van der Waals surface area (Å²) in [6.45, 7) is 0. The third-order valence-electron chi connectivity index (χ3n) is 5.17. The number of benzene rings is 3. The zero-order valence-corrected chi connectivity index (χ0v) is 16.3. The van der Waals surface area contributed by atoms with E-state index in [1.54, 1.807) is 30.5 Å². The average molecular weight is 412 g/mol. The molecular formula is C24H17FN4O2. The molecule has 1 aromatic heterocycles. The molecule has 6 nitrogen and oxygen atoms in total. The predicted molar refractivity (Wildman–Crippen MR) is 118 cm³/mol. The van der Waals surface area contributed by atoms with Crippen LogP contribution in [0.2, 0.25) is 0 Å². The van der Waals surface area contributed by atoms with Gasteiger partial charge in [0, 0.05) is 22.2 Å². The normalized spacial score (nSPS) is 12.5. The van der Waals surface area contributed by atoms with E-state index in [4.69, 9.17) is 0 Å². The summed E-state index contributed by atoms with van der Waals surface area (Å²) in [5.41, 5.74) is 7.42. The number of carbonyl (C=O) groups is 2. The standard InChI is InChI=1S/C24H17FN4O2/c25-16-8-6-14(7-9-16)10-21(30)27-17-11-18-22-19(13-26-29-24(18)31)23(28-20(22)12-17)15-4-2-1-3-5-15/h1-9,11-13,28H,10H2,(H,27,30)(H,29,31). The molecule has 1 aliphatic rings. The number of hydrazone groups is 1. The number of rotatable bonds is 4. The molecule has 31 heavy (non-hydrogen) atoms. The minimum Gasteiger partial charge on any atom is -0.354 e. The van der Waals surface area contributed by atoms with Crippen molar-refractivity contribution in [2.24, 2.45) is 5.10 Å². The summed E-state index contributed by atoms with van der Waals surface area (Å²) in [4.78, 5) is 28.5. The molecule has 0 radical (unpaired) electrons. The van der Waals surface area contributed by atoms with Crippen molar-refractivity contribution < 1.29 is 14.0 Å². The number of amides is 2. The molecule has 3 aromatic carbocycles. The van der Waals surface area contributed by atoms with Crippen molar-refractivity contribution in [3.63, 3.8) is 0 Å². The molecule has 0 saturated heterocycles. The minimum absolute atomic E-state index is 0.0915. The van der Waals surface area contributed by atoms with Crippen LogP contribution < -0.4 is 10.7 Å². The Morgan fingerprint density at radius 3 is 2.58 bits per heavy atom. The number of halogens is 1. The van der Waals surface area contributed by atoms with Gasteiger partial charge in [0.05, 0.1) is 23.9 Å². The highest BCUT2D eigenvalue weighted by Crippen LogP contribution is 2.34. The van der Waals surface area contributed by atoms with Crippen molar-refractivity contribution in [1.29, 1.82) is 0 Å². The minimum atomic E-state index is -0.353. The van der Waals surface area contributed by atoms with Crippen LogP contribution in [0, 0.1) is 5.82 Å². The molecule has 0 bridgehead atoms. The van der Waals surface area contributed by atoms with Gasteiger partial charge in [0.2, 0.25) is 5.91 Å². The van der Waals surface area contributed by atoms with Gasteiger partial charge >= 0.3 is 0 Å². The van der Waals surface area contributed by atoms with Crippen LogP contribution in [0.5, 0.6) is 0 Å². The van der Waals surface area contributed by atoms with Gasteiger partial charge in [0.1, 0.15) is 5.82 Å². The van der Waals surface area contributed by atoms with Crippen molar-refractivity contribution in [1.82, 2.24) is 10.4 Å². The smallest absolute Gasteiger partial charge is 0.272 e. The SMILES string of the molecule is O=C(Cc1ccc(F)cc1)Nc1cc2c3c(c(-c4ccccc4)[nH]c3c1)C=NNC2=O. The Bertz CT molecular complexity index is 1340. The summed E-state index contributed by atoms with van der Waals surface area (Å²) >= 11 is 0. The second kappa shape index (κ2) is 7.53. The maximum atomic E-state index is 13.1. The highest BCUT2D eigenvalue weighted by molar-refractivity contribution is 6.18. The van der Waals surface area contributed by atoms with Crippen LogP contribution >= 0.6 is 0 Å². The third kappa shape index (κ3) is 3.57. The molecule has 0 spiro atoms. The van der Waals surface area contributed by atoms with Gasteiger partial charge in [-0.15, -0.1) is 0 Å². The molecule has 5 rings (SSSR count). The number of carbonyl (C=O) groups excluding carboxylic acids is 2. The van der Waals surface area contributed by atoms with E-state index in [1.807, 2.05) is 30.3 Å². The van der Waals surface area contributed by atoms with E-state index in [9.17, 15) is 14.0 Å².